The van der Waals surface area contributed by atoms with E-state index in [0.717, 1.165) is 31.3 Å². The molecule has 27 heavy (non-hydrogen) atoms. The normalized spacial score (nSPS) is 13.9. The molecule has 7 heteroatoms. The predicted molar refractivity (Wildman–Crippen MR) is 103 cm³/mol. The van der Waals surface area contributed by atoms with Crippen LogP contribution >= 0.6 is 11.6 Å². The highest BCUT2D eigenvalue weighted by Crippen LogP contribution is 2.29. The molecule has 0 bridgehead atoms. The van der Waals surface area contributed by atoms with E-state index in [9.17, 15) is 9.59 Å². The first-order chi connectivity index (χ1) is 13.1. The second-order valence-electron chi connectivity index (χ2n) is 6.46. The fraction of sp³-hybridized carbons (Fsp3) is 0.250. The number of likely N-dealkylation sites (tertiary alicyclic amines) is 1. The molecule has 1 aliphatic rings. The minimum Gasteiger partial charge on any atom is -0.483 e. The lowest BCUT2D eigenvalue weighted by Crippen LogP contribution is -2.27. The monoisotopic (exact) mass is 383 g/mol. The summed E-state index contributed by atoms with van der Waals surface area (Å²) in [6, 6.07) is 8.65. The first-order valence-corrected chi connectivity index (χ1v) is 9.18. The Kier molecular flexibility index (Phi) is 4.81. The van der Waals surface area contributed by atoms with Crippen LogP contribution in [0.5, 0.6) is 5.75 Å². The van der Waals surface area contributed by atoms with E-state index in [2.05, 4.69) is 9.97 Å². The fourth-order valence-electron chi connectivity index (χ4n) is 3.22. The highest BCUT2D eigenvalue weighted by molar-refractivity contribution is 6.35. The summed E-state index contributed by atoms with van der Waals surface area (Å²) < 4.78 is 5.68. The van der Waals surface area contributed by atoms with Crippen molar-refractivity contribution in [3.05, 3.63) is 59.0 Å². The molecule has 3 heterocycles. The summed E-state index contributed by atoms with van der Waals surface area (Å²) in [7, 11) is 0. The molecule has 1 fully saturated rings. The van der Waals surface area contributed by atoms with Crippen molar-refractivity contribution in [2.45, 2.75) is 12.8 Å². The number of rotatable bonds is 5. The number of aromatic nitrogens is 2. The van der Waals surface area contributed by atoms with Crippen LogP contribution in [-0.2, 0) is 0 Å². The molecule has 0 atom stereocenters. The molecule has 4 rings (SSSR count). The average molecular weight is 384 g/mol. The van der Waals surface area contributed by atoms with Gasteiger partial charge < -0.3 is 14.6 Å². The number of nitrogens with one attached hydrogen (secondary N) is 1. The Morgan fingerprint density at radius 2 is 2.04 bits per heavy atom. The first-order valence-electron chi connectivity index (χ1n) is 8.80. The van der Waals surface area contributed by atoms with Gasteiger partial charge in [0.1, 0.15) is 17.0 Å². The molecule has 1 aliphatic heterocycles. The number of fused-ring (bicyclic) bond motifs is 1. The first kappa shape index (κ1) is 17.5. The lowest BCUT2D eigenvalue weighted by Gasteiger charge is -2.13. The summed E-state index contributed by atoms with van der Waals surface area (Å²) in [6.45, 7) is 1.38. The van der Waals surface area contributed by atoms with Gasteiger partial charge in [0.25, 0.3) is 5.91 Å². The van der Waals surface area contributed by atoms with Crippen LogP contribution in [0.1, 0.15) is 33.7 Å². The Hall–Kier alpha value is -2.86. The van der Waals surface area contributed by atoms with E-state index in [4.69, 9.17) is 16.3 Å². The van der Waals surface area contributed by atoms with E-state index in [1.54, 1.807) is 41.6 Å². The van der Waals surface area contributed by atoms with Crippen molar-refractivity contribution in [1.29, 1.82) is 0 Å². The van der Waals surface area contributed by atoms with Gasteiger partial charge in [0.15, 0.2) is 6.61 Å². The van der Waals surface area contributed by atoms with E-state index in [1.165, 1.54) is 0 Å². The van der Waals surface area contributed by atoms with Crippen molar-refractivity contribution in [2.75, 3.05) is 19.7 Å². The molecular weight excluding hydrogens is 366 g/mol. The number of amides is 1. The third kappa shape index (κ3) is 3.53. The van der Waals surface area contributed by atoms with Crippen LogP contribution < -0.4 is 4.74 Å². The van der Waals surface area contributed by atoms with Crippen molar-refractivity contribution in [2.24, 2.45) is 0 Å². The fourth-order valence-corrected chi connectivity index (χ4v) is 3.44. The van der Waals surface area contributed by atoms with Crippen LogP contribution in [0, 0.1) is 0 Å². The Labute approximate surface area is 161 Å². The largest absolute Gasteiger partial charge is 0.483 e. The van der Waals surface area contributed by atoms with Gasteiger partial charge >= 0.3 is 0 Å². The Balaban J connectivity index is 1.46. The van der Waals surface area contributed by atoms with Gasteiger partial charge in [-0.05, 0) is 43.2 Å². The summed E-state index contributed by atoms with van der Waals surface area (Å²) in [4.78, 5) is 33.8. The number of halogens is 1. The zero-order valence-corrected chi connectivity index (χ0v) is 15.3. The van der Waals surface area contributed by atoms with Crippen molar-refractivity contribution in [3.8, 4) is 5.75 Å². The SMILES string of the molecule is O=C(COc1ccc(Cl)c2cccnc12)c1c[nH]c(C(=O)N2CCCC2)c1. The number of hydrogen-bond acceptors (Lipinski definition) is 4. The quantitative estimate of drug-likeness (QED) is 0.681. The predicted octanol–water partition coefficient (Wildman–Crippen LogP) is 3.71. The molecule has 0 saturated carbocycles. The Bertz CT molecular complexity index is 1010. The van der Waals surface area contributed by atoms with E-state index < -0.39 is 0 Å². The van der Waals surface area contributed by atoms with Crippen molar-refractivity contribution in [1.82, 2.24) is 14.9 Å². The number of pyridine rings is 1. The van der Waals surface area contributed by atoms with Crippen molar-refractivity contribution in [3.63, 3.8) is 0 Å². The number of hydrogen-bond donors (Lipinski definition) is 1. The number of Topliss-reactive ketones (excluding diaryl/α,β-unsaturated/α-hetero) is 1. The smallest absolute Gasteiger partial charge is 0.270 e. The number of ether oxygens (including phenoxy) is 1. The van der Waals surface area contributed by atoms with Gasteiger partial charge in [-0.15, -0.1) is 0 Å². The Morgan fingerprint density at radius 3 is 2.85 bits per heavy atom. The van der Waals surface area contributed by atoms with E-state index in [-0.39, 0.29) is 18.3 Å². The third-order valence-electron chi connectivity index (χ3n) is 4.67. The molecule has 1 amide bonds. The third-order valence-corrected chi connectivity index (χ3v) is 5.00. The van der Waals surface area contributed by atoms with E-state index in [1.807, 2.05) is 6.07 Å². The van der Waals surface area contributed by atoms with Crippen molar-refractivity contribution < 1.29 is 14.3 Å². The van der Waals surface area contributed by atoms with Gasteiger partial charge in [-0.25, -0.2) is 0 Å². The summed E-state index contributed by atoms with van der Waals surface area (Å²) in [5.41, 5.74) is 1.46. The summed E-state index contributed by atoms with van der Waals surface area (Å²) >= 11 is 6.17. The molecule has 2 aromatic heterocycles. The zero-order chi connectivity index (χ0) is 18.8. The molecule has 0 aliphatic carbocycles. The van der Waals surface area contributed by atoms with Gasteiger partial charge in [-0.2, -0.15) is 0 Å². The number of benzene rings is 1. The number of ketones is 1. The van der Waals surface area contributed by atoms with Crippen LogP contribution in [0.3, 0.4) is 0 Å². The molecule has 3 aromatic rings. The summed E-state index contributed by atoms with van der Waals surface area (Å²) in [5, 5.41) is 1.34. The number of H-pyrrole nitrogens is 1. The number of nitrogens with zero attached hydrogens (tertiary/aromatic N) is 2. The maximum atomic E-state index is 12.5. The minimum atomic E-state index is -0.217. The van der Waals surface area contributed by atoms with Crippen LogP contribution in [0.15, 0.2) is 42.7 Å². The van der Waals surface area contributed by atoms with Crippen LogP contribution in [0.4, 0.5) is 0 Å². The molecule has 0 radical (unpaired) electrons. The second-order valence-corrected chi connectivity index (χ2v) is 6.87. The van der Waals surface area contributed by atoms with Gasteiger partial charge in [0.05, 0.1) is 5.02 Å². The molecule has 0 spiro atoms. The lowest BCUT2D eigenvalue weighted by molar-refractivity contribution is 0.0787. The summed E-state index contributed by atoms with van der Waals surface area (Å²) in [5.74, 6) is 0.207. The van der Waals surface area contributed by atoms with Crippen LogP contribution in [-0.4, -0.2) is 46.3 Å². The van der Waals surface area contributed by atoms with Gasteiger partial charge in [-0.3, -0.25) is 14.6 Å². The van der Waals surface area contributed by atoms with Crippen LogP contribution in [0.2, 0.25) is 5.02 Å². The maximum Gasteiger partial charge on any atom is 0.270 e. The zero-order valence-electron chi connectivity index (χ0n) is 14.6. The van der Waals surface area contributed by atoms with Gasteiger partial charge in [0, 0.05) is 36.4 Å². The van der Waals surface area contributed by atoms with Crippen molar-refractivity contribution >= 4 is 34.2 Å². The average Bonchev–Trinajstić information content (AvgIpc) is 3.39. The molecule has 1 aromatic carbocycles. The number of carbonyl (C=O) groups excluding carboxylic acids is 2. The maximum absolute atomic E-state index is 12.5. The number of aromatic amines is 1. The highest BCUT2D eigenvalue weighted by atomic mass is 35.5. The highest BCUT2D eigenvalue weighted by Gasteiger charge is 2.22. The van der Waals surface area contributed by atoms with Crippen LogP contribution in [0.25, 0.3) is 10.9 Å². The molecule has 138 valence electrons. The molecule has 0 unspecified atom stereocenters. The topological polar surface area (TPSA) is 75.3 Å². The standard InChI is InChI=1S/C20H18ClN3O3/c21-15-5-6-18(19-14(15)4-3-7-22-19)27-12-17(25)13-10-16(23-11-13)20(26)24-8-1-2-9-24/h3-7,10-11,23H,1-2,8-9,12H2. The molecule has 1 N–H and O–H groups in total. The van der Waals surface area contributed by atoms with Gasteiger partial charge in [-0.1, -0.05) is 11.6 Å². The number of carbonyl (C=O) groups is 2. The Morgan fingerprint density at radius 1 is 1.22 bits per heavy atom. The van der Waals surface area contributed by atoms with E-state index >= 15 is 0 Å². The van der Waals surface area contributed by atoms with E-state index in [0.29, 0.717) is 27.5 Å². The van der Waals surface area contributed by atoms with Gasteiger partial charge in [0.2, 0.25) is 5.78 Å². The lowest BCUT2D eigenvalue weighted by atomic mass is 10.2. The molecule has 6 nitrogen and oxygen atoms in total. The molecule has 1 saturated heterocycles. The minimum absolute atomic E-state index is 0.0691. The molecular formula is C20H18ClN3O3. The second kappa shape index (κ2) is 7.40. The summed E-state index contributed by atoms with van der Waals surface area (Å²) in [6.07, 6.45) is 5.24.